The maximum atomic E-state index is 12.1. The minimum Gasteiger partial charge on any atom is -0.452 e. The number of hydrogen-bond acceptors (Lipinski definition) is 6. The van der Waals surface area contributed by atoms with Crippen molar-refractivity contribution in [3.8, 4) is 11.5 Å². The summed E-state index contributed by atoms with van der Waals surface area (Å²) < 4.78 is 10.1. The number of esters is 1. The van der Waals surface area contributed by atoms with E-state index >= 15 is 0 Å². The number of nitrogens with zero attached hydrogens (tertiary/aromatic N) is 3. The standard InChI is InChI=1S/C18H19N3O4/c1-4-10-21(11-5-2)16(22)12-24-18(23)15-8-6-14(7-9-15)17-19-13(3)20-25-17/h4-9H,1-2,10-12H2,3H3. The number of carbonyl (C=O) groups is 2. The average molecular weight is 341 g/mol. The molecule has 0 spiro atoms. The minimum atomic E-state index is -0.584. The van der Waals surface area contributed by atoms with Gasteiger partial charge in [0.2, 0.25) is 0 Å². The maximum absolute atomic E-state index is 12.1. The second kappa shape index (κ2) is 8.58. The average Bonchev–Trinajstić information content (AvgIpc) is 3.05. The van der Waals surface area contributed by atoms with Gasteiger partial charge in [0.1, 0.15) is 0 Å². The SMILES string of the molecule is C=CCN(CC=C)C(=O)COC(=O)c1ccc(-c2nc(C)no2)cc1. The van der Waals surface area contributed by atoms with Crippen LogP contribution >= 0.6 is 0 Å². The summed E-state index contributed by atoms with van der Waals surface area (Å²) in [7, 11) is 0. The van der Waals surface area contributed by atoms with Crippen molar-refractivity contribution in [1.82, 2.24) is 15.0 Å². The smallest absolute Gasteiger partial charge is 0.338 e. The first-order chi connectivity index (χ1) is 12.0. The zero-order chi connectivity index (χ0) is 18.2. The fraction of sp³-hybridized carbons (Fsp3) is 0.222. The molecule has 7 heteroatoms. The number of hydrogen-bond donors (Lipinski definition) is 0. The molecule has 25 heavy (non-hydrogen) atoms. The zero-order valence-corrected chi connectivity index (χ0v) is 14.0. The molecule has 0 unspecified atom stereocenters. The normalized spacial score (nSPS) is 10.1. The lowest BCUT2D eigenvalue weighted by Crippen LogP contribution is -2.35. The van der Waals surface area contributed by atoms with Crippen molar-refractivity contribution in [3.05, 3.63) is 61.0 Å². The van der Waals surface area contributed by atoms with Crippen molar-refractivity contribution in [2.75, 3.05) is 19.7 Å². The van der Waals surface area contributed by atoms with Crippen LogP contribution in [0.4, 0.5) is 0 Å². The molecular weight excluding hydrogens is 322 g/mol. The van der Waals surface area contributed by atoms with Crippen molar-refractivity contribution in [2.45, 2.75) is 6.92 Å². The summed E-state index contributed by atoms with van der Waals surface area (Å²) >= 11 is 0. The monoisotopic (exact) mass is 341 g/mol. The van der Waals surface area contributed by atoms with Crippen LogP contribution in [0, 0.1) is 6.92 Å². The van der Waals surface area contributed by atoms with E-state index in [0.29, 0.717) is 35.9 Å². The molecule has 0 radical (unpaired) electrons. The molecule has 1 aromatic heterocycles. The summed E-state index contributed by atoms with van der Waals surface area (Å²) in [5, 5.41) is 3.71. The first-order valence-corrected chi connectivity index (χ1v) is 7.62. The van der Waals surface area contributed by atoms with Crippen LogP contribution in [0.3, 0.4) is 0 Å². The first kappa shape index (κ1) is 18.1. The summed E-state index contributed by atoms with van der Waals surface area (Å²) in [5.41, 5.74) is 1.02. The lowest BCUT2D eigenvalue weighted by atomic mass is 10.1. The number of rotatable bonds is 8. The molecule has 130 valence electrons. The van der Waals surface area contributed by atoms with E-state index in [2.05, 4.69) is 23.3 Å². The summed E-state index contributed by atoms with van der Waals surface area (Å²) in [6.45, 7) is 9.28. The Morgan fingerprint density at radius 3 is 2.36 bits per heavy atom. The third-order valence-electron chi connectivity index (χ3n) is 3.27. The topological polar surface area (TPSA) is 85.5 Å². The highest BCUT2D eigenvalue weighted by atomic mass is 16.5. The molecule has 0 saturated heterocycles. The van der Waals surface area contributed by atoms with Crippen molar-refractivity contribution in [1.29, 1.82) is 0 Å². The number of ether oxygens (including phenoxy) is 1. The number of carbonyl (C=O) groups excluding carboxylic acids is 2. The quantitative estimate of drug-likeness (QED) is 0.541. The van der Waals surface area contributed by atoms with E-state index in [1.807, 2.05) is 0 Å². The highest BCUT2D eigenvalue weighted by molar-refractivity contribution is 5.91. The molecule has 1 aromatic carbocycles. The zero-order valence-electron chi connectivity index (χ0n) is 14.0. The van der Waals surface area contributed by atoms with Crippen molar-refractivity contribution >= 4 is 11.9 Å². The lowest BCUT2D eigenvalue weighted by Gasteiger charge is -2.18. The van der Waals surface area contributed by atoms with Crippen LogP contribution in [0.25, 0.3) is 11.5 Å². The van der Waals surface area contributed by atoms with Gasteiger partial charge in [-0.2, -0.15) is 4.98 Å². The van der Waals surface area contributed by atoms with Gasteiger partial charge in [0.05, 0.1) is 5.56 Å². The highest BCUT2D eigenvalue weighted by Crippen LogP contribution is 2.17. The van der Waals surface area contributed by atoms with E-state index in [0.717, 1.165) is 0 Å². The largest absolute Gasteiger partial charge is 0.452 e. The minimum absolute atomic E-state index is 0.314. The van der Waals surface area contributed by atoms with Crippen molar-refractivity contribution in [2.24, 2.45) is 0 Å². The summed E-state index contributed by atoms with van der Waals surface area (Å²) in [4.78, 5) is 29.7. The van der Waals surface area contributed by atoms with Gasteiger partial charge in [0.15, 0.2) is 12.4 Å². The summed E-state index contributed by atoms with van der Waals surface area (Å²) in [5.74, 6) is 0.00237. The van der Waals surface area contributed by atoms with Gasteiger partial charge in [0, 0.05) is 18.7 Å². The third-order valence-corrected chi connectivity index (χ3v) is 3.27. The molecule has 1 heterocycles. The predicted octanol–water partition coefficient (Wildman–Crippen LogP) is 2.40. The van der Waals surface area contributed by atoms with Gasteiger partial charge in [0.25, 0.3) is 11.8 Å². The molecule has 0 aliphatic heterocycles. The van der Waals surface area contributed by atoms with E-state index in [-0.39, 0.29) is 12.5 Å². The van der Waals surface area contributed by atoms with Gasteiger partial charge >= 0.3 is 5.97 Å². The molecule has 2 rings (SSSR count). The molecule has 1 amide bonds. The van der Waals surface area contributed by atoms with E-state index in [9.17, 15) is 9.59 Å². The van der Waals surface area contributed by atoms with E-state index in [1.165, 1.54) is 4.90 Å². The Morgan fingerprint density at radius 1 is 1.20 bits per heavy atom. The fourth-order valence-corrected chi connectivity index (χ4v) is 2.05. The first-order valence-electron chi connectivity index (χ1n) is 7.62. The Kier molecular flexibility index (Phi) is 6.22. The van der Waals surface area contributed by atoms with E-state index < -0.39 is 5.97 Å². The predicted molar refractivity (Wildman–Crippen MR) is 91.7 cm³/mol. The Bertz CT molecular complexity index is 755. The third kappa shape index (κ3) is 4.87. The van der Waals surface area contributed by atoms with Crippen LogP contribution in [0.2, 0.25) is 0 Å². The molecule has 0 fully saturated rings. The van der Waals surface area contributed by atoms with Crippen LogP contribution in [0.15, 0.2) is 54.1 Å². The molecule has 2 aromatic rings. The van der Waals surface area contributed by atoms with Gasteiger partial charge < -0.3 is 14.2 Å². The second-order valence-corrected chi connectivity index (χ2v) is 5.18. The number of benzene rings is 1. The molecule has 0 N–H and O–H groups in total. The maximum Gasteiger partial charge on any atom is 0.338 e. The van der Waals surface area contributed by atoms with Crippen molar-refractivity contribution in [3.63, 3.8) is 0 Å². The highest BCUT2D eigenvalue weighted by Gasteiger charge is 2.15. The van der Waals surface area contributed by atoms with Crippen LogP contribution in [-0.4, -0.2) is 46.6 Å². The van der Waals surface area contributed by atoms with Gasteiger partial charge in [-0.25, -0.2) is 4.79 Å². The summed E-state index contributed by atoms with van der Waals surface area (Å²) in [6.07, 6.45) is 3.20. The number of amides is 1. The van der Waals surface area contributed by atoms with Crippen LogP contribution in [-0.2, 0) is 9.53 Å². The van der Waals surface area contributed by atoms with Crippen LogP contribution in [0.1, 0.15) is 16.2 Å². The molecule has 0 saturated carbocycles. The second-order valence-electron chi connectivity index (χ2n) is 5.18. The Balaban J connectivity index is 1.95. The molecule has 0 aliphatic rings. The van der Waals surface area contributed by atoms with E-state index in [4.69, 9.17) is 9.26 Å². The molecule has 0 atom stereocenters. The molecule has 7 nitrogen and oxygen atoms in total. The number of aryl methyl sites for hydroxylation is 1. The van der Waals surface area contributed by atoms with Gasteiger partial charge in [-0.05, 0) is 31.2 Å². The lowest BCUT2D eigenvalue weighted by molar-refractivity contribution is -0.133. The van der Waals surface area contributed by atoms with Gasteiger partial charge in [-0.1, -0.05) is 17.3 Å². The fourth-order valence-electron chi connectivity index (χ4n) is 2.05. The Labute approximate surface area is 145 Å². The van der Waals surface area contributed by atoms with Crippen molar-refractivity contribution < 1.29 is 18.8 Å². The Hall–Kier alpha value is -3.22. The van der Waals surface area contributed by atoms with Gasteiger partial charge in [-0.15, -0.1) is 13.2 Å². The number of aromatic nitrogens is 2. The van der Waals surface area contributed by atoms with E-state index in [1.54, 1.807) is 43.3 Å². The van der Waals surface area contributed by atoms with Gasteiger partial charge in [-0.3, -0.25) is 4.79 Å². The summed E-state index contributed by atoms with van der Waals surface area (Å²) in [6, 6.07) is 6.50. The van der Waals surface area contributed by atoms with Crippen LogP contribution in [0.5, 0.6) is 0 Å². The molecule has 0 aliphatic carbocycles. The molecular formula is C18H19N3O4. The Morgan fingerprint density at radius 2 is 1.84 bits per heavy atom. The molecule has 0 bridgehead atoms. The van der Waals surface area contributed by atoms with Crippen LogP contribution < -0.4 is 0 Å².